The molecule has 4 amide bonds. The first kappa shape index (κ1) is 39.2. The van der Waals surface area contributed by atoms with Crippen LogP contribution in [0, 0.1) is 6.92 Å². The summed E-state index contributed by atoms with van der Waals surface area (Å²) >= 11 is 5.19. The number of halogens is 1. The predicted molar refractivity (Wildman–Crippen MR) is 213 cm³/mol. The molecule has 2 N–H and O–H groups in total. The zero-order chi connectivity index (χ0) is 39.0. The van der Waals surface area contributed by atoms with Gasteiger partial charge in [0.2, 0.25) is 5.91 Å². The van der Waals surface area contributed by atoms with Gasteiger partial charge in [0.25, 0.3) is 0 Å². The normalized spacial score (nSPS) is 14.5. The van der Waals surface area contributed by atoms with Crippen molar-refractivity contribution >= 4 is 51.2 Å². The van der Waals surface area contributed by atoms with E-state index in [4.69, 9.17) is 30.9 Å². The standard InChI is InChI=1S/C36H38N6O4.C5H8ClNO2/c1-24-9-11-26(12-10-24)42-33(23-32(40-42)36(2,3)4)39-35(44)38-30-13-14-31(29-8-6-5-7-28(29)30)46-27-15-16-37-25(21-27)22-34(43)41-17-19-45-20-18-41;6-5(8)7-1-3-9-4-2-7/h5-16,21,23H,17-20,22H2,1-4H3,(H2,38,39,44);1-4H2. The number of ether oxygens (including phenoxy) is 3. The summed E-state index contributed by atoms with van der Waals surface area (Å²) in [7, 11) is 0. The summed E-state index contributed by atoms with van der Waals surface area (Å²) in [4.78, 5) is 44.3. The van der Waals surface area contributed by atoms with Gasteiger partial charge in [0.05, 0.1) is 55.6 Å². The number of nitrogens with one attached hydrogen (secondary N) is 2. The van der Waals surface area contributed by atoms with Crippen LogP contribution in [0.2, 0.25) is 0 Å². The van der Waals surface area contributed by atoms with Gasteiger partial charge in [0, 0.05) is 60.7 Å². The molecule has 0 radical (unpaired) electrons. The van der Waals surface area contributed by atoms with Gasteiger partial charge in [-0.3, -0.25) is 19.9 Å². The van der Waals surface area contributed by atoms with Crippen LogP contribution in [0.4, 0.5) is 21.1 Å². The van der Waals surface area contributed by atoms with Gasteiger partial charge in [0.1, 0.15) is 17.3 Å². The minimum atomic E-state index is -0.392. The molecule has 2 fully saturated rings. The van der Waals surface area contributed by atoms with E-state index in [-0.39, 0.29) is 23.1 Å². The smallest absolute Gasteiger partial charge is 0.324 e. The van der Waals surface area contributed by atoms with E-state index in [0.717, 1.165) is 27.7 Å². The first-order valence-corrected chi connectivity index (χ1v) is 18.6. The number of aryl methyl sites for hydroxylation is 1. The molecule has 14 heteroatoms. The molecular weight excluding hydrogens is 722 g/mol. The van der Waals surface area contributed by atoms with E-state index in [2.05, 4.69) is 36.4 Å². The molecule has 55 heavy (non-hydrogen) atoms. The van der Waals surface area contributed by atoms with Crippen molar-refractivity contribution in [2.45, 2.75) is 39.5 Å². The van der Waals surface area contributed by atoms with Crippen molar-refractivity contribution in [3.05, 3.63) is 102 Å². The van der Waals surface area contributed by atoms with E-state index in [1.807, 2.05) is 73.7 Å². The van der Waals surface area contributed by atoms with Crippen LogP contribution < -0.4 is 15.4 Å². The summed E-state index contributed by atoms with van der Waals surface area (Å²) in [5, 5.41) is 12.1. The Kier molecular flexibility index (Phi) is 12.7. The number of nitrogens with zero attached hydrogens (tertiary/aromatic N) is 5. The largest absolute Gasteiger partial charge is 0.457 e. The van der Waals surface area contributed by atoms with Crippen LogP contribution in [-0.2, 0) is 26.1 Å². The number of benzene rings is 3. The Hall–Kier alpha value is -5.50. The molecular formula is C41H46ClN7O6. The molecule has 3 aromatic carbocycles. The molecule has 0 atom stereocenters. The number of morpholine rings is 2. The lowest BCUT2D eigenvalue weighted by atomic mass is 9.92. The maximum absolute atomic E-state index is 13.4. The summed E-state index contributed by atoms with van der Waals surface area (Å²) in [5.74, 6) is 1.77. The van der Waals surface area contributed by atoms with E-state index in [1.54, 1.807) is 32.8 Å². The number of hydrogen-bond donors (Lipinski definition) is 2. The van der Waals surface area contributed by atoms with Crippen LogP contribution >= 0.6 is 11.6 Å². The fourth-order valence-corrected chi connectivity index (χ4v) is 6.19. The number of aromatic nitrogens is 3. The minimum Gasteiger partial charge on any atom is -0.457 e. The van der Waals surface area contributed by atoms with Gasteiger partial charge in [-0.05, 0) is 48.9 Å². The predicted octanol–water partition coefficient (Wildman–Crippen LogP) is 7.54. The van der Waals surface area contributed by atoms with E-state index in [1.165, 1.54) is 0 Å². The summed E-state index contributed by atoms with van der Waals surface area (Å²) in [6.45, 7) is 13.1. The van der Waals surface area contributed by atoms with Crippen molar-refractivity contribution in [2.24, 2.45) is 0 Å². The summed E-state index contributed by atoms with van der Waals surface area (Å²) in [5.41, 5.74) is 3.91. The van der Waals surface area contributed by atoms with Crippen LogP contribution in [0.5, 0.6) is 11.5 Å². The highest BCUT2D eigenvalue weighted by atomic mass is 35.5. The monoisotopic (exact) mass is 767 g/mol. The number of pyridine rings is 1. The van der Waals surface area contributed by atoms with Gasteiger partial charge in [0.15, 0.2) is 0 Å². The molecule has 2 aromatic heterocycles. The van der Waals surface area contributed by atoms with E-state index in [0.29, 0.717) is 81.3 Å². The first-order chi connectivity index (χ1) is 26.4. The fourth-order valence-electron chi connectivity index (χ4n) is 6.02. The van der Waals surface area contributed by atoms with E-state index in [9.17, 15) is 14.4 Å². The molecule has 7 rings (SSSR count). The van der Waals surface area contributed by atoms with Gasteiger partial charge in [-0.25, -0.2) is 9.48 Å². The first-order valence-electron chi connectivity index (χ1n) is 18.2. The average Bonchev–Trinajstić information content (AvgIpc) is 3.61. The van der Waals surface area contributed by atoms with E-state index >= 15 is 0 Å². The number of carbonyl (C=O) groups is 3. The summed E-state index contributed by atoms with van der Waals surface area (Å²) in [6, 6.07) is 24.4. The summed E-state index contributed by atoms with van der Waals surface area (Å²) < 4.78 is 18.4. The third-order valence-electron chi connectivity index (χ3n) is 9.10. The number of fused-ring (bicyclic) bond motifs is 1. The fraction of sp³-hybridized carbons (Fsp3) is 0.341. The average molecular weight is 768 g/mol. The van der Waals surface area contributed by atoms with Gasteiger partial charge in [-0.1, -0.05) is 62.7 Å². The van der Waals surface area contributed by atoms with Crippen LogP contribution in [0.25, 0.3) is 16.5 Å². The van der Waals surface area contributed by atoms with Crippen molar-refractivity contribution in [1.29, 1.82) is 0 Å². The highest BCUT2D eigenvalue weighted by Crippen LogP contribution is 2.35. The Morgan fingerprint density at radius 1 is 0.818 bits per heavy atom. The third-order valence-corrected chi connectivity index (χ3v) is 9.34. The number of carbonyl (C=O) groups excluding carboxylic acids is 3. The molecule has 288 valence electrons. The molecule has 0 saturated carbocycles. The Bertz CT molecular complexity index is 2120. The maximum Gasteiger partial charge on any atom is 0.324 e. The number of anilines is 2. The molecule has 0 unspecified atom stereocenters. The zero-order valence-electron chi connectivity index (χ0n) is 31.5. The zero-order valence-corrected chi connectivity index (χ0v) is 32.3. The molecule has 0 aliphatic carbocycles. The lowest BCUT2D eigenvalue weighted by Gasteiger charge is -2.26. The van der Waals surface area contributed by atoms with Gasteiger partial charge >= 0.3 is 11.4 Å². The van der Waals surface area contributed by atoms with Crippen molar-refractivity contribution in [3.63, 3.8) is 0 Å². The van der Waals surface area contributed by atoms with E-state index < -0.39 is 6.03 Å². The van der Waals surface area contributed by atoms with Crippen LogP contribution in [-0.4, -0.2) is 94.5 Å². The van der Waals surface area contributed by atoms with Gasteiger partial charge < -0.3 is 29.3 Å². The molecule has 2 saturated heterocycles. The third kappa shape index (κ3) is 10.4. The number of urea groups is 1. The minimum absolute atomic E-state index is 0.0173. The Morgan fingerprint density at radius 3 is 2.11 bits per heavy atom. The molecule has 0 spiro atoms. The number of rotatable bonds is 7. The highest BCUT2D eigenvalue weighted by molar-refractivity contribution is 6.62. The second-order valence-electron chi connectivity index (χ2n) is 14.3. The number of hydrogen-bond acceptors (Lipinski definition) is 8. The Morgan fingerprint density at radius 2 is 1.47 bits per heavy atom. The lowest BCUT2D eigenvalue weighted by molar-refractivity contribution is -0.134. The van der Waals surface area contributed by atoms with Gasteiger partial charge in [-0.2, -0.15) is 5.10 Å². The molecule has 5 aromatic rings. The maximum atomic E-state index is 13.4. The van der Waals surface area contributed by atoms with Crippen LogP contribution in [0.3, 0.4) is 0 Å². The highest BCUT2D eigenvalue weighted by Gasteiger charge is 2.22. The van der Waals surface area contributed by atoms with Crippen molar-refractivity contribution < 1.29 is 28.6 Å². The second kappa shape index (κ2) is 17.8. The number of amides is 4. The molecule has 13 nitrogen and oxygen atoms in total. The van der Waals surface area contributed by atoms with Crippen LogP contribution in [0.15, 0.2) is 85.1 Å². The Labute approximate surface area is 325 Å². The van der Waals surface area contributed by atoms with Crippen LogP contribution in [0.1, 0.15) is 37.7 Å². The molecule has 0 bridgehead atoms. The molecule has 2 aliphatic heterocycles. The van der Waals surface area contributed by atoms with Crippen molar-refractivity contribution in [1.82, 2.24) is 24.6 Å². The quantitative estimate of drug-likeness (QED) is 0.128. The molecule has 4 heterocycles. The second-order valence-corrected chi connectivity index (χ2v) is 14.6. The summed E-state index contributed by atoms with van der Waals surface area (Å²) in [6.07, 6.45) is 1.84. The molecule has 2 aliphatic rings. The topological polar surface area (TPSA) is 140 Å². The van der Waals surface area contributed by atoms with Crippen molar-refractivity contribution in [2.75, 3.05) is 63.2 Å². The Balaban J connectivity index is 0.000000502. The van der Waals surface area contributed by atoms with Crippen molar-refractivity contribution in [3.8, 4) is 17.2 Å². The lowest BCUT2D eigenvalue weighted by Crippen LogP contribution is -2.41. The SMILES string of the molecule is Cc1ccc(-n2nc(C(C)(C)C)cc2NC(=O)Nc2ccc(Oc3ccnc(CC(=O)N4CCOCC4)c3)c3ccccc23)cc1.O=C(Cl)N1CCOCC1. The van der Waals surface area contributed by atoms with Gasteiger partial charge in [-0.15, -0.1) is 0 Å².